The Morgan fingerprint density at radius 2 is 2.17 bits per heavy atom. The van der Waals surface area contributed by atoms with Gasteiger partial charge in [0.15, 0.2) is 0 Å². The second kappa shape index (κ2) is 4.76. The molecule has 3 aromatic rings. The van der Waals surface area contributed by atoms with E-state index in [4.69, 9.17) is 16.0 Å². The molecule has 92 valence electrons. The molecule has 2 aromatic heterocycles. The normalized spacial score (nSPS) is 11.2. The molecule has 0 saturated heterocycles. The zero-order valence-corrected chi connectivity index (χ0v) is 11.4. The van der Waals surface area contributed by atoms with E-state index < -0.39 is 0 Å². The van der Waals surface area contributed by atoms with Crippen LogP contribution in [-0.2, 0) is 6.54 Å². The summed E-state index contributed by atoms with van der Waals surface area (Å²) in [7, 11) is 1.94. The smallest absolute Gasteiger partial charge is 0.145 e. The van der Waals surface area contributed by atoms with Gasteiger partial charge in [-0.2, -0.15) is 0 Å². The van der Waals surface area contributed by atoms with Crippen molar-refractivity contribution in [2.75, 3.05) is 7.05 Å². The first kappa shape index (κ1) is 11.8. The van der Waals surface area contributed by atoms with Crippen molar-refractivity contribution in [3.8, 4) is 10.6 Å². The number of thiophene rings is 1. The molecule has 0 aliphatic heterocycles. The quantitative estimate of drug-likeness (QED) is 0.761. The average Bonchev–Trinajstić information content (AvgIpc) is 2.94. The Kier molecular flexibility index (Phi) is 3.12. The fourth-order valence-electron chi connectivity index (χ4n) is 1.94. The number of fused-ring (bicyclic) bond motifs is 1. The van der Waals surface area contributed by atoms with Gasteiger partial charge in [0.2, 0.25) is 0 Å². The fourth-order valence-corrected chi connectivity index (χ4v) is 2.98. The van der Waals surface area contributed by atoms with E-state index in [2.05, 4.69) is 16.8 Å². The third-order valence-electron chi connectivity index (χ3n) is 2.76. The van der Waals surface area contributed by atoms with Gasteiger partial charge in [-0.15, -0.1) is 11.3 Å². The van der Waals surface area contributed by atoms with E-state index in [0.717, 1.165) is 33.2 Å². The summed E-state index contributed by atoms with van der Waals surface area (Å²) in [6.07, 6.45) is 0. The van der Waals surface area contributed by atoms with Gasteiger partial charge in [-0.25, -0.2) is 0 Å². The van der Waals surface area contributed by atoms with E-state index in [1.54, 1.807) is 11.3 Å². The van der Waals surface area contributed by atoms with Crippen molar-refractivity contribution in [3.05, 3.63) is 46.3 Å². The van der Waals surface area contributed by atoms with E-state index in [1.165, 1.54) is 5.56 Å². The largest absolute Gasteiger partial charge is 0.455 e. The van der Waals surface area contributed by atoms with Crippen molar-refractivity contribution in [2.24, 2.45) is 0 Å². The van der Waals surface area contributed by atoms with Gasteiger partial charge in [0, 0.05) is 17.0 Å². The Hall–Kier alpha value is -1.29. The maximum atomic E-state index is 5.97. The predicted octanol–water partition coefficient (Wildman–Crippen LogP) is 4.53. The maximum absolute atomic E-state index is 5.97. The second-order valence-corrected chi connectivity index (χ2v) is 5.49. The zero-order chi connectivity index (χ0) is 12.5. The van der Waals surface area contributed by atoms with Gasteiger partial charge in [-0.3, -0.25) is 0 Å². The van der Waals surface area contributed by atoms with Crippen molar-refractivity contribution < 1.29 is 4.42 Å². The van der Waals surface area contributed by atoms with Crippen LogP contribution in [-0.4, -0.2) is 7.05 Å². The predicted molar refractivity (Wildman–Crippen MR) is 77.3 cm³/mol. The second-order valence-electron chi connectivity index (χ2n) is 4.14. The van der Waals surface area contributed by atoms with Gasteiger partial charge >= 0.3 is 0 Å². The summed E-state index contributed by atoms with van der Waals surface area (Å²) < 4.78 is 5.83. The van der Waals surface area contributed by atoms with Crippen molar-refractivity contribution in [3.63, 3.8) is 0 Å². The number of hydrogen-bond acceptors (Lipinski definition) is 3. The van der Waals surface area contributed by atoms with E-state index in [0.29, 0.717) is 0 Å². The van der Waals surface area contributed by atoms with Crippen molar-refractivity contribution in [2.45, 2.75) is 6.54 Å². The minimum Gasteiger partial charge on any atom is -0.455 e. The van der Waals surface area contributed by atoms with E-state index >= 15 is 0 Å². The van der Waals surface area contributed by atoms with Gasteiger partial charge in [-0.1, -0.05) is 11.6 Å². The van der Waals surface area contributed by atoms with Crippen LogP contribution in [0.4, 0.5) is 0 Å². The molecule has 1 aromatic carbocycles. The zero-order valence-electron chi connectivity index (χ0n) is 9.87. The van der Waals surface area contributed by atoms with Crippen molar-refractivity contribution >= 4 is 33.9 Å². The van der Waals surface area contributed by atoms with Crippen LogP contribution < -0.4 is 5.32 Å². The molecule has 0 radical (unpaired) electrons. The third-order valence-corrected chi connectivity index (χ3v) is 3.98. The van der Waals surface area contributed by atoms with Crippen LogP contribution in [0, 0.1) is 0 Å². The fraction of sp³-hybridized carbons (Fsp3) is 0.143. The van der Waals surface area contributed by atoms with Gasteiger partial charge in [0.1, 0.15) is 11.3 Å². The Bertz CT molecular complexity index is 686. The number of nitrogens with one attached hydrogen (secondary N) is 1. The van der Waals surface area contributed by atoms with Crippen molar-refractivity contribution in [1.82, 2.24) is 5.32 Å². The molecule has 18 heavy (non-hydrogen) atoms. The number of benzene rings is 1. The lowest BCUT2D eigenvalue weighted by Gasteiger charge is -1.91. The Balaban J connectivity index is 2.02. The summed E-state index contributed by atoms with van der Waals surface area (Å²) in [5.74, 6) is 0.902. The van der Waals surface area contributed by atoms with Gasteiger partial charge < -0.3 is 9.73 Å². The molecular formula is C14H12ClNOS. The number of rotatable bonds is 3. The molecule has 0 amide bonds. The number of hydrogen-bond donors (Lipinski definition) is 1. The first-order valence-corrected chi connectivity index (χ1v) is 6.93. The molecule has 1 N–H and O–H groups in total. The van der Waals surface area contributed by atoms with Gasteiger partial charge in [0.05, 0.1) is 4.88 Å². The van der Waals surface area contributed by atoms with Crippen LogP contribution >= 0.6 is 22.9 Å². The summed E-state index contributed by atoms with van der Waals surface area (Å²) in [6.45, 7) is 0.878. The highest BCUT2D eigenvalue weighted by Crippen LogP contribution is 2.33. The van der Waals surface area contributed by atoms with Crippen LogP contribution in [0.2, 0.25) is 5.02 Å². The van der Waals surface area contributed by atoms with Crippen LogP contribution in [0.25, 0.3) is 21.6 Å². The van der Waals surface area contributed by atoms with E-state index in [-0.39, 0.29) is 0 Å². The standard InChI is InChI=1S/C14H12ClNOS/c1-16-7-9-4-14(18-8-9)13-6-10-5-11(15)2-3-12(10)17-13/h2-6,8,16H,7H2,1H3. The lowest BCUT2D eigenvalue weighted by molar-refractivity contribution is 0.633. The minimum atomic E-state index is 0.733. The first-order valence-electron chi connectivity index (χ1n) is 5.68. The monoisotopic (exact) mass is 277 g/mol. The van der Waals surface area contributed by atoms with E-state index in [9.17, 15) is 0 Å². The molecule has 2 nitrogen and oxygen atoms in total. The highest BCUT2D eigenvalue weighted by Gasteiger charge is 2.09. The highest BCUT2D eigenvalue weighted by atomic mass is 35.5. The molecule has 2 heterocycles. The first-order chi connectivity index (χ1) is 8.76. The summed E-state index contributed by atoms with van der Waals surface area (Å²) in [4.78, 5) is 1.15. The maximum Gasteiger partial charge on any atom is 0.145 e. The van der Waals surface area contributed by atoms with Crippen LogP contribution in [0.1, 0.15) is 5.56 Å². The SMILES string of the molecule is CNCc1csc(-c2cc3cc(Cl)ccc3o2)c1. The molecule has 0 aliphatic carbocycles. The molecule has 0 unspecified atom stereocenters. The summed E-state index contributed by atoms with van der Waals surface area (Å²) in [5.41, 5.74) is 2.15. The minimum absolute atomic E-state index is 0.733. The van der Waals surface area contributed by atoms with Crippen molar-refractivity contribution in [1.29, 1.82) is 0 Å². The molecule has 0 bridgehead atoms. The summed E-state index contributed by atoms with van der Waals surface area (Å²) in [5, 5.41) is 7.06. The third kappa shape index (κ3) is 2.17. The highest BCUT2D eigenvalue weighted by molar-refractivity contribution is 7.13. The van der Waals surface area contributed by atoms with E-state index in [1.807, 2.05) is 31.3 Å². The molecule has 0 aliphatic rings. The molecule has 0 fully saturated rings. The summed E-state index contributed by atoms with van der Waals surface area (Å²) in [6, 6.07) is 9.87. The lowest BCUT2D eigenvalue weighted by atomic mass is 10.2. The molecule has 0 spiro atoms. The average molecular weight is 278 g/mol. The number of halogens is 1. The molecule has 3 rings (SSSR count). The number of furan rings is 1. The molecule has 4 heteroatoms. The van der Waals surface area contributed by atoms with Gasteiger partial charge in [-0.05, 0) is 48.3 Å². The topological polar surface area (TPSA) is 25.2 Å². The van der Waals surface area contributed by atoms with Crippen LogP contribution in [0.5, 0.6) is 0 Å². The molecular weight excluding hydrogens is 266 g/mol. The lowest BCUT2D eigenvalue weighted by Crippen LogP contribution is -2.03. The molecule has 0 saturated carbocycles. The summed E-state index contributed by atoms with van der Waals surface area (Å²) >= 11 is 7.67. The Morgan fingerprint density at radius 3 is 3.00 bits per heavy atom. The van der Waals surface area contributed by atoms with Gasteiger partial charge in [0.25, 0.3) is 0 Å². The van der Waals surface area contributed by atoms with Crippen LogP contribution in [0.3, 0.4) is 0 Å². The Labute approximate surface area is 114 Å². The van der Waals surface area contributed by atoms with Crippen LogP contribution in [0.15, 0.2) is 40.1 Å². The molecule has 0 atom stereocenters. The Morgan fingerprint density at radius 1 is 1.28 bits per heavy atom.